The van der Waals surface area contributed by atoms with Crippen LogP contribution in [-0.4, -0.2) is 34.0 Å². The summed E-state index contributed by atoms with van der Waals surface area (Å²) in [6.45, 7) is 5.59. The van der Waals surface area contributed by atoms with Gasteiger partial charge in [-0.25, -0.2) is 5.43 Å². The van der Waals surface area contributed by atoms with Crippen molar-refractivity contribution in [2.45, 2.75) is 39.7 Å². The molecule has 0 bridgehead atoms. The van der Waals surface area contributed by atoms with E-state index in [-0.39, 0.29) is 24.3 Å². The van der Waals surface area contributed by atoms with Crippen molar-refractivity contribution in [1.82, 2.24) is 10.4 Å². The number of aromatic amines is 1. The van der Waals surface area contributed by atoms with Gasteiger partial charge >= 0.3 is 5.97 Å². The Morgan fingerprint density at radius 2 is 2.23 bits per heavy atom. The summed E-state index contributed by atoms with van der Waals surface area (Å²) in [5.74, 6) is -0.895. The fourth-order valence-electron chi connectivity index (χ4n) is 2.11. The third-order valence-electron chi connectivity index (χ3n) is 3.27. The van der Waals surface area contributed by atoms with Crippen molar-refractivity contribution in [2.75, 3.05) is 0 Å². The third kappa shape index (κ3) is 3.55. The number of aliphatic carboxylic acids is 1. The number of aryl methyl sites for hydroxylation is 1. The summed E-state index contributed by atoms with van der Waals surface area (Å²) in [7, 11) is 0. The molecule has 3 N–H and O–H groups in total. The molecule has 0 aliphatic carbocycles. The van der Waals surface area contributed by atoms with E-state index in [9.17, 15) is 9.59 Å². The van der Waals surface area contributed by atoms with E-state index in [1.807, 2.05) is 20.8 Å². The largest absolute Gasteiger partial charge is 0.481 e. The van der Waals surface area contributed by atoms with E-state index < -0.39 is 5.97 Å². The van der Waals surface area contributed by atoms with E-state index in [2.05, 4.69) is 15.5 Å². The number of hydrazone groups is 1. The molecule has 0 atom stereocenters. The van der Waals surface area contributed by atoms with Crippen molar-refractivity contribution in [3.63, 3.8) is 0 Å². The molecule has 0 radical (unpaired) electrons. The van der Waals surface area contributed by atoms with Crippen LogP contribution in [0.25, 0.3) is 6.08 Å². The molecule has 0 saturated carbocycles. The number of nitrogens with zero attached hydrogens (tertiary/aromatic N) is 1. The summed E-state index contributed by atoms with van der Waals surface area (Å²) in [6, 6.07) is 0. The lowest BCUT2D eigenvalue weighted by Crippen LogP contribution is -2.16. The molecule has 1 aromatic heterocycles. The Morgan fingerprint density at radius 3 is 2.86 bits per heavy atom. The van der Waals surface area contributed by atoms with Gasteiger partial charge in [0.25, 0.3) is 5.91 Å². The van der Waals surface area contributed by atoms with E-state index >= 15 is 0 Å². The Hall–Kier alpha value is -2.57. The molecule has 0 saturated heterocycles. The van der Waals surface area contributed by atoms with Crippen molar-refractivity contribution in [2.24, 2.45) is 5.10 Å². The predicted molar refractivity (Wildman–Crippen MR) is 81.3 cm³/mol. The van der Waals surface area contributed by atoms with Crippen LogP contribution in [0.15, 0.2) is 16.9 Å². The summed E-state index contributed by atoms with van der Waals surface area (Å²) in [6.07, 6.45) is 3.85. The molecule has 22 heavy (non-hydrogen) atoms. The lowest BCUT2D eigenvalue weighted by molar-refractivity contribution is -0.137. The molecule has 1 aromatic rings. The van der Waals surface area contributed by atoms with Crippen molar-refractivity contribution in [1.29, 1.82) is 0 Å². The van der Waals surface area contributed by atoms with Gasteiger partial charge in [0.1, 0.15) is 5.57 Å². The number of H-pyrrole nitrogens is 1. The van der Waals surface area contributed by atoms with Gasteiger partial charge in [-0.2, -0.15) is 0 Å². The minimum Gasteiger partial charge on any atom is -0.481 e. The molecule has 2 rings (SSSR count). The second-order valence-corrected chi connectivity index (χ2v) is 5.33. The number of nitrogens with one attached hydrogen (secondary N) is 2. The molecule has 0 aromatic carbocycles. The molecule has 1 aliphatic heterocycles. The van der Waals surface area contributed by atoms with Crippen molar-refractivity contribution in [3.05, 3.63) is 28.6 Å². The van der Waals surface area contributed by atoms with Crippen LogP contribution in [-0.2, 0) is 20.7 Å². The molecule has 0 fully saturated rings. The Kier molecular flexibility index (Phi) is 4.65. The fraction of sp³-hybridized carbons (Fsp3) is 0.400. The Bertz CT molecular complexity index is 656. The first-order valence-electron chi connectivity index (χ1n) is 7.04. The number of carboxylic acids is 1. The highest BCUT2D eigenvalue weighted by molar-refractivity contribution is 6.24. The van der Waals surface area contributed by atoms with E-state index in [4.69, 9.17) is 9.84 Å². The highest BCUT2D eigenvalue weighted by Crippen LogP contribution is 2.20. The average Bonchev–Trinajstić information content (AvgIpc) is 2.94. The smallest absolute Gasteiger partial charge is 0.303 e. The van der Waals surface area contributed by atoms with Crippen LogP contribution in [0.2, 0.25) is 0 Å². The Balaban J connectivity index is 2.23. The summed E-state index contributed by atoms with van der Waals surface area (Å²) >= 11 is 0. The van der Waals surface area contributed by atoms with Gasteiger partial charge in [-0.05, 0) is 44.4 Å². The fourth-order valence-corrected chi connectivity index (χ4v) is 2.11. The van der Waals surface area contributed by atoms with E-state index in [1.165, 1.54) is 0 Å². The molecule has 7 heteroatoms. The maximum absolute atomic E-state index is 11.8. The van der Waals surface area contributed by atoms with Gasteiger partial charge in [0.15, 0.2) is 0 Å². The quantitative estimate of drug-likeness (QED) is 0.719. The molecule has 1 aliphatic rings. The van der Waals surface area contributed by atoms with Crippen LogP contribution in [0.4, 0.5) is 0 Å². The van der Waals surface area contributed by atoms with Crippen LogP contribution < -0.4 is 5.43 Å². The van der Waals surface area contributed by atoms with E-state index in [0.717, 1.165) is 16.8 Å². The second-order valence-electron chi connectivity index (χ2n) is 5.33. The minimum absolute atomic E-state index is 0.0678. The monoisotopic (exact) mass is 305 g/mol. The molecular weight excluding hydrogens is 286 g/mol. The molecule has 2 heterocycles. The first kappa shape index (κ1) is 15.8. The van der Waals surface area contributed by atoms with Gasteiger partial charge in [-0.3, -0.25) is 9.59 Å². The van der Waals surface area contributed by atoms with Crippen molar-refractivity contribution >= 4 is 23.9 Å². The minimum atomic E-state index is -0.838. The average molecular weight is 305 g/mol. The first-order valence-corrected chi connectivity index (χ1v) is 7.04. The van der Waals surface area contributed by atoms with Gasteiger partial charge in [0.2, 0.25) is 5.90 Å². The van der Waals surface area contributed by atoms with Crippen molar-refractivity contribution in [3.8, 4) is 0 Å². The number of hydrogen-bond donors (Lipinski definition) is 3. The van der Waals surface area contributed by atoms with Crippen LogP contribution >= 0.6 is 0 Å². The topological polar surface area (TPSA) is 104 Å². The van der Waals surface area contributed by atoms with Gasteiger partial charge < -0.3 is 14.8 Å². The van der Waals surface area contributed by atoms with Crippen LogP contribution in [0.5, 0.6) is 0 Å². The number of carbonyl (C=O) groups is 2. The Morgan fingerprint density at radius 1 is 1.50 bits per heavy atom. The summed E-state index contributed by atoms with van der Waals surface area (Å²) in [5.41, 5.74) is 5.30. The molecule has 0 spiro atoms. The van der Waals surface area contributed by atoms with Crippen LogP contribution in [0, 0.1) is 6.92 Å². The maximum atomic E-state index is 11.8. The number of carbonyl (C=O) groups excluding carboxylic acids is 1. The number of aromatic nitrogens is 1. The molecule has 0 unspecified atom stereocenters. The second kappa shape index (κ2) is 6.46. The number of ether oxygens (including phenoxy) is 1. The van der Waals surface area contributed by atoms with Gasteiger partial charge in [0, 0.05) is 18.3 Å². The van der Waals surface area contributed by atoms with Gasteiger partial charge in [-0.1, -0.05) is 0 Å². The number of rotatable bonds is 5. The van der Waals surface area contributed by atoms with Crippen LogP contribution in [0.3, 0.4) is 0 Å². The molecule has 1 amide bonds. The lowest BCUT2D eigenvalue weighted by Gasteiger charge is -2.08. The normalized spacial score (nSPS) is 16.1. The SMILES string of the molecule is Cc1c(CCC(=O)O)c[nH]c1/C=C1/C(=O)NN=C1OC(C)C. The van der Waals surface area contributed by atoms with Gasteiger partial charge in [-0.15, -0.1) is 5.10 Å². The zero-order valence-corrected chi connectivity index (χ0v) is 12.8. The highest BCUT2D eigenvalue weighted by atomic mass is 16.5. The highest BCUT2D eigenvalue weighted by Gasteiger charge is 2.25. The zero-order valence-electron chi connectivity index (χ0n) is 12.8. The van der Waals surface area contributed by atoms with Gasteiger partial charge in [0.05, 0.1) is 6.10 Å². The van der Waals surface area contributed by atoms with E-state index in [1.54, 1.807) is 12.3 Å². The number of carboxylic acid groups (broad SMARTS) is 1. The zero-order chi connectivity index (χ0) is 16.3. The summed E-state index contributed by atoms with van der Waals surface area (Å²) < 4.78 is 5.50. The molecular formula is C15H19N3O4. The third-order valence-corrected chi connectivity index (χ3v) is 3.27. The predicted octanol–water partition coefficient (Wildman–Crippen LogP) is 1.59. The number of hydrogen-bond acceptors (Lipinski definition) is 4. The summed E-state index contributed by atoms with van der Waals surface area (Å²) in [4.78, 5) is 25.5. The molecule has 7 nitrogen and oxygen atoms in total. The van der Waals surface area contributed by atoms with Crippen LogP contribution in [0.1, 0.15) is 37.1 Å². The Labute approximate surface area is 128 Å². The molecule has 118 valence electrons. The standard InChI is InChI=1S/C15H19N3O4/c1-8(2)22-15-11(14(21)17-18-15)6-12-9(3)10(7-16-12)4-5-13(19)20/h6-8,16H,4-5H2,1-3H3,(H,17,21)(H,19,20)/b11-6-. The lowest BCUT2D eigenvalue weighted by atomic mass is 10.1. The number of amides is 1. The summed E-state index contributed by atoms with van der Waals surface area (Å²) in [5, 5.41) is 12.6. The first-order chi connectivity index (χ1) is 10.4. The van der Waals surface area contributed by atoms with Crippen molar-refractivity contribution < 1.29 is 19.4 Å². The maximum Gasteiger partial charge on any atom is 0.303 e. The van der Waals surface area contributed by atoms with E-state index in [0.29, 0.717) is 12.0 Å².